The smallest absolute Gasteiger partial charge is 0.339 e. The number of hydrogen-bond donors (Lipinski definition) is 0. The van der Waals surface area contributed by atoms with Crippen molar-refractivity contribution in [3.8, 4) is 0 Å². The van der Waals surface area contributed by atoms with E-state index in [0.717, 1.165) is 37.9 Å². The largest absolute Gasteiger partial charge is 0.451 e. The Morgan fingerprint density at radius 2 is 1.87 bits per heavy atom. The number of carbonyl (C=O) groups is 2. The molecule has 0 bridgehead atoms. The van der Waals surface area contributed by atoms with E-state index in [-0.39, 0.29) is 17.0 Å². The van der Waals surface area contributed by atoms with Gasteiger partial charge in [-0.25, -0.2) is 4.79 Å². The van der Waals surface area contributed by atoms with Gasteiger partial charge in [-0.3, -0.25) is 14.9 Å². The molecule has 0 N–H and O–H groups in total. The number of ether oxygens (including phenoxy) is 1. The van der Waals surface area contributed by atoms with Crippen LogP contribution in [0.2, 0.25) is 0 Å². The Morgan fingerprint density at radius 3 is 2.48 bits per heavy atom. The van der Waals surface area contributed by atoms with Gasteiger partial charge in [0.05, 0.1) is 10.5 Å². The van der Waals surface area contributed by atoms with E-state index < -0.39 is 17.0 Å². The van der Waals surface area contributed by atoms with Gasteiger partial charge in [-0.05, 0) is 49.8 Å². The van der Waals surface area contributed by atoms with Crippen molar-refractivity contribution in [2.24, 2.45) is 5.92 Å². The molecule has 7 nitrogen and oxygen atoms in total. The zero-order chi connectivity index (χ0) is 22.5. The number of hydrogen-bond acceptors (Lipinski definition) is 6. The molecule has 0 amide bonds. The van der Waals surface area contributed by atoms with Crippen LogP contribution >= 0.6 is 0 Å². The fourth-order valence-corrected chi connectivity index (χ4v) is 3.89. The summed E-state index contributed by atoms with van der Waals surface area (Å²) in [5, 5.41) is 11.7. The molecule has 31 heavy (non-hydrogen) atoms. The van der Waals surface area contributed by atoms with E-state index in [0.29, 0.717) is 17.2 Å². The fourth-order valence-electron chi connectivity index (χ4n) is 3.89. The van der Waals surface area contributed by atoms with E-state index in [2.05, 4.69) is 6.92 Å². The van der Waals surface area contributed by atoms with Crippen molar-refractivity contribution in [3.05, 3.63) is 69.3 Å². The van der Waals surface area contributed by atoms with E-state index in [9.17, 15) is 19.7 Å². The van der Waals surface area contributed by atoms with E-state index in [1.54, 1.807) is 18.2 Å². The van der Waals surface area contributed by atoms with Crippen LogP contribution in [-0.4, -0.2) is 35.9 Å². The molecule has 0 saturated carbocycles. The predicted molar refractivity (Wildman–Crippen MR) is 119 cm³/mol. The normalized spacial score (nSPS) is 17.1. The van der Waals surface area contributed by atoms with Crippen molar-refractivity contribution in [1.29, 1.82) is 0 Å². The molecule has 2 aromatic carbocycles. The lowest BCUT2D eigenvalue weighted by molar-refractivity contribution is -0.384. The van der Waals surface area contributed by atoms with Gasteiger partial charge >= 0.3 is 5.97 Å². The standard InChI is InChI=1S/C24H28N2O5/c1-4-18-7-9-19(10-8-18)23(27)17(3)31-24(28)20-11-12-21(22(14-20)26(29)30)25-13-5-6-16(2)15-25/h7-12,14,16-17H,4-6,13,15H2,1-3H3/t16-,17+/m0/s1. The summed E-state index contributed by atoms with van der Waals surface area (Å²) in [6, 6.07) is 11.5. The van der Waals surface area contributed by atoms with Gasteiger partial charge in [0, 0.05) is 24.7 Å². The van der Waals surface area contributed by atoms with Crippen LogP contribution in [0.5, 0.6) is 0 Å². The molecular weight excluding hydrogens is 396 g/mol. The molecule has 2 aromatic rings. The lowest BCUT2D eigenvalue weighted by atomic mass is 9.99. The van der Waals surface area contributed by atoms with Gasteiger partial charge in [0.1, 0.15) is 5.69 Å². The summed E-state index contributed by atoms with van der Waals surface area (Å²) in [5.41, 5.74) is 2.00. The third kappa shape index (κ3) is 5.29. The van der Waals surface area contributed by atoms with Crippen molar-refractivity contribution < 1.29 is 19.2 Å². The monoisotopic (exact) mass is 424 g/mol. The number of nitro groups is 1. The van der Waals surface area contributed by atoms with E-state index in [1.165, 1.54) is 19.1 Å². The minimum Gasteiger partial charge on any atom is -0.451 e. The van der Waals surface area contributed by atoms with E-state index in [4.69, 9.17) is 4.74 Å². The maximum absolute atomic E-state index is 12.6. The molecule has 164 valence electrons. The lowest BCUT2D eigenvalue weighted by Gasteiger charge is -2.32. The van der Waals surface area contributed by atoms with Crippen LogP contribution in [0.25, 0.3) is 0 Å². The van der Waals surface area contributed by atoms with Gasteiger partial charge in [-0.2, -0.15) is 0 Å². The molecule has 0 aromatic heterocycles. The van der Waals surface area contributed by atoms with Crippen molar-refractivity contribution >= 4 is 23.1 Å². The number of Topliss-reactive ketones (excluding diaryl/α,β-unsaturated/α-hetero) is 1. The number of esters is 1. The second kappa shape index (κ2) is 9.73. The average molecular weight is 424 g/mol. The van der Waals surface area contributed by atoms with Gasteiger partial charge in [0.15, 0.2) is 6.10 Å². The molecule has 0 unspecified atom stereocenters. The average Bonchev–Trinajstić information content (AvgIpc) is 2.78. The van der Waals surface area contributed by atoms with Crippen LogP contribution in [-0.2, 0) is 11.2 Å². The quantitative estimate of drug-likeness (QED) is 0.274. The highest BCUT2D eigenvalue weighted by atomic mass is 16.6. The number of nitrogens with zero attached hydrogens (tertiary/aromatic N) is 2. The molecule has 1 heterocycles. The molecule has 0 aliphatic carbocycles. The zero-order valence-electron chi connectivity index (χ0n) is 18.2. The number of benzene rings is 2. The molecule has 1 aliphatic rings. The van der Waals surface area contributed by atoms with Gasteiger partial charge in [0.25, 0.3) is 5.69 Å². The van der Waals surface area contributed by atoms with Crippen molar-refractivity contribution in [2.75, 3.05) is 18.0 Å². The minimum absolute atomic E-state index is 0.0569. The van der Waals surface area contributed by atoms with Crippen molar-refractivity contribution in [1.82, 2.24) is 0 Å². The molecule has 0 spiro atoms. The van der Waals surface area contributed by atoms with Crippen LogP contribution in [0.15, 0.2) is 42.5 Å². The zero-order valence-corrected chi connectivity index (χ0v) is 18.2. The first kappa shape index (κ1) is 22.5. The first-order valence-corrected chi connectivity index (χ1v) is 10.7. The van der Waals surface area contributed by atoms with Crippen LogP contribution in [0.1, 0.15) is 59.9 Å². The Bertz CT molecular complexity index is 970. The molecule has 7 heteroatoms. The Labute approximate surface area is 182 Å². The summed E-state index contributed by atoms with van der Waals surface area (Å²) >= 11 is 0. The summed E-state index contributed by atoms with van der Waals surface area (Å²) in [6.07, 6.45) is 1.94. The van der Waals surface area contributed by atoms with Gasteiger partial charge in [0.2, 0.25) is 5.78 Å². The first-order chi connectivity index (χ1) is 14.8. The number of rotatable bonds is 7. The molecule has 1 aliphatic heterocycles. The topological polar surface area (TPSA) is 89.8 Å². The summed E-state index contributed by atoms with van der Waals surface area (Å²) in [7, 11) is 0. The Morgan fingerprint density at radius 1 is 1.19 bits per heavy atom. The van der Waals surface area contributed by atoms with E-state index >= 15 is 0 Å². The Hall–Kier alpha value is -3.22. The fraction of sp³-hybridized carbons (Fsp3) is 0.417. The van der Waals surface area contributed by atoms with Crippen molar-refractivity contribution in [2.45, 2.75) is 46.1 Å². The van der Waals surface area contributed by atoms with Crippen LogP contribution in [0.3, 0.4) is 0 Å². The summed E-state index contributed by atoms with van der Waals surface area (Å²) < 4.78 is 5.32. The molecule has 3 rings (SSSR count). The number of piperidine rings is 1. The maximum atomic E-state index is 12.6. The number of anilines is 1. The summed E-state index contributed by atoms with van der Waals surface area (Å²) in [4.78, 5) is 38.4. The Balaban J connectivity index is 1.75. The van der Waals surface area contributed by atoms with Crippen LogP contribution in [0.4, 0.5) is 11.4 Å². The number of aryl methyl sites for hydroxylation is 1. The van der Waals surface area contributed by atoms with Gasteiger partial charge in [-0.15, -0.1) is 0 Å². The molecule has 0 radical (unpaired) electrons. The molecular formula is C24H28N2O5. The predicted octanol–water partition coefficient (Wildman–Crippen LogP) is 4.82. The third-order valence-corrected chi connectivity index (χ3v) is 5.71. The first-order valence-electron chi connectivity index (χ1n) is 10.7. The second-order valence-electron chi connectivity index (χ2n) is 8.12. The van der Waals surface area contributed by atoms with Crippen molar-refractivity contribution in [3.63, 3.8) is 0 Å². The second-order valence-corrected chi connectivity index (χ2v) is 8.12. The number of nitro benzene ring substituents is 1. The van der Waals surface area contributed by atoms with Crippen LogP contribution < -0.4 is 4.90 Å². The maximum Gasteiger partial charge on any atom is 0.339 e. The Kier molecular flexibility index (Phi) is 7.05. The third-order valence-electron chi connectivity index (χ3n) is 5.71. The highest BCUT2D eigenvalue weighted by Crippen LogP contribution is 2.32. The number of ketones is 1. The van der Waals surface area contributed by atoms with Gasteiger partial charge in [-0.1, -0.05) is 38.1 Å². The van der Waals surface area contributed by atoms with Crippen LogP contribution in [0, 0.1) is 16.0 Å². The molecule has 1 saturated heterocycles. The summed E-state index contributed by atoms with van der Waals surface area (Å²) in [6.45, 7) is 7.14. The highest BCUT2D eigenvalue weighted by molar-refractivity contribution is 6.01. The highest BCUT2D eigenvalue weighted by Gasteiger charge is 2.27. The minimum atomic E-state index is -0.998. The van der Waals surface area contributed by atoms with Gasteiger partial charge < -0.3 is 9.64 Å². The molecule has 1 fully saturated rings. The lowest BCUT2D eigenvalue weighted by Crippen LogP contribution is -2.34. The SMILES string of the molecule is CCc1ccc(C(=O)[C@@H](C)OC(=O)c2ccc(N3CCC[C@H](C)C3)c([N+](=O)[O-])c2)cc1. The number of carbonyl (C=O) groups excluding carboxylic acids is 2. The summed E-state index contributed by atoms with van der Waals surface area (Å²) in [5.74, 6) is -0.617. The molecule has 2 atom stereocenters. The van der Waals surface area contributed by atoms with E-state index in [1.807, 2.05) is 24.0 Å².